The van der Waals surface area contributed by atoms with Gasteiger partial charge in [0.15, 0.2) is 0 Å². The average molecular weight is 367 g/mol. The Labute approximate surface area is 159 Å². The topological polar surface area (TPSA) is 63.7 Å². The van der Waals surface area contributed by atoms with Gasteiger partial charge in [0.1, 0.15) is 17.7 Å². The van der Waals surface area contributed by atoms with Gasteiger partial charge >= 0.3 is 0 Å². The summed E-state index contributed by atoms with van der Waals surface area (Å²) in [5, 5.41) is 2.84. The van der Waals surface area contributed by atoms with Gasteiger partial charge in [-0.15, -0.1) is 0 Å². The summed E-state index contributed by atoms with van der Waals surface area (Å²) in [5.41, 5.74) is 3.74. The lowest BCUT2D eigenvalue weighted by molar-refractivity contribution is 0.0965. The Morgan fingerprint density at radius 2 is 2.07 bits per heavy atom. The number of nitrogens with zero attached hydrogens (tertiary/aromatic N) is 2. The molecular weight excluding hydrogens is 342 g/mol. The van der Waals surface area contributed by atoms with Gasteiger partial charge in [-0.25, -0.2) is 4.98 Å². The van der Waals surface area contributed by atoms with E-state index < -0.39 is 0 Å². The Balaban J connectivity index is 1.39. The summed E-state index contributed by atoms with van der Waals surface area (Å²) in [6.07, 6.45) is 2.10. The van der Waals surface area contributed by atoms with Crippen molar-refractivity contribution >= 4 is 11.7 Å². The fourth-order valence-electron chi connectivity index (χ4n) is 3.80. The van der Waals surface area contributed by atoms with Crippen molar-refractivity contribution in [3.05, 3.63) is 52.7 Å². The summed E-state index contributed by atoms with van der Waals surface area (Å²) in [6.45, 7) is 4.94. The molecule has 1 N–H and O–H groups in total. The van der Waals surface area contributed by atoms with Gasteiger partial charge in [0.25, 0.3) is 5.91 Å². The monoisotopic (exact) mass is 367 g/mol. The van der Waals surface area contributed by atoms with Crippen molar-refractivity contribution in [3.63, 3.8) is 0 Å². The quantitative estimate of drug-likeness (QED) is 0.880. The first-order chi connectivity index (χ1) is 13.1. The molecule has 1 aromatic heterocycles. The first-order valence-corrected chi connectivity index (χ1v) is 9.42. The fraction of sp³-hybridized carbons (Fsp3) is 0.429. The molecule has 6 heteroatoms. The molecule has 0 aliphatic carbocycles. The Morgan fingerprint density at radius 3 is 2.85 bits per heavy atom. The summed E-state index contributed by atoms with van der Waals surface area (Å²) in [6, 6.07) is 10.1. The van der Waals surface area contributed by atoms with Crippen molar-refractivity contribution in [2.75, 3.05) is 25.1 Å². The number of hydrogen-bond acceptors (Lipinski definition) is 5. The lowest BCUT2D eigenvalue weighted by atomic mass is 10.1. The molecule has 0 unspecified atom stereocenters. The zero-order chi connectivity index (χ0) is 18.8. The lowest BCUT2D eigenvalue weighted by Crippen LogP contribution is -2.39. The maximum absolute atomic E-state index is 11.8. The molecule has 1 fully saturated rings. The zero-order valence-corrected chi connectivity index (χ0v) is 15.8. The summed E-state index contributed by atoms with van der Waals surface area (Å²) in [4.78, 5) is 18.9. The third-order valence-corrected chi connectivity index (χ3v) is 5.18. The lowest BCUT2D eigenvalue weighted by Gasteiger charge is -2.34. The second-order valence-corrected chi connectivity index (χ2v) is 7.19. The van der Waals surface area contributed by atoms with E-state index in [2.05, 4.69) is 10.2 Å². The minimum absolute atomic E-state index is 0.0186. The maximum atomic E-state index is 11.8. The van der Waals surface area contributed by atoms with E-state index in [4.69, 9.17) is 14.5 Å². The minimum atomic E-state index is -0.0186. The molecule has 2 aliphatic rings. The Kier molecular flexibility index (Phi) is 4.99. The Bertz CT molecular complexity index is 845. The van der Waals surface area contributed by atoms with Crippen LogP contribution in [0.4, 0.5) is 5.82 Å². The van der Waals surface area contributed by atoms with Crippen LogP contribution in [-0.2, 0) is 17.9 Å². The molecule has 1 aromatic carbocycles. The molecule has 4 rings (SSSR count). The van der Waals surface area contributed by atoms with Crippen LogP contribution in [0, 0.1) is 6.92 Å². The van der Waals surface area contributed by atoms with Crippen molar-refractivity contribution < 1.29 is 14.3 Å². The summed E-state index contributed by atoms with van der Waals surface area (Å²) >= 11 is 0. The molecule has 142 valence electrons. The summed E-state index contributed by atoms with van der Waals surface area (Å²) in [7, 11) is 1.70. The largest absolute Gasteiger partial charge is 0.490 e. The van der Waals surface area contributed by atoms with Crippen LogP contribution in [0.25, 0.3) is 0 Å². The molecule has 2 aliphatic heterocycles. The number of piperidine rings is 1. The van der Waals surface area contributed by atoms with Crippen molar-refractivity contribution in [1.29, 1.82) is 0 Å². The third-order valence-electron chi connectivity index (χ3n) is 5.18. The first kappa shape index (κ1) is 17.8. The number of anilines is 1. The Hall–Kier alpha value is -2.60. The molecule has 6 nitrogen and oxygen atoms in total. The van der Waals surface area contributed by atoms with E-state index in [9.17, 15) is 4.79 Å². The highest BCUT2D eigenvalue weighted by Gasteiger charge is 2.26. The molecule has 1 saturated heterocycles. The second-order valence-electron chi connectivity index (χ2n) is 7.19. The highest BCUT2D eigenvalue weighted by Crippen LogP contribution is 2.27. The van der Waals surface area contributed by atoms with Crippen molar-refractivity contribution in [2.24, 2.45) is 0 Å². The van der Waals surface area contributed by atoms with Crippen LogP contribution in [0.1, 0.15) is 40.0 Å². The third kappa shape index (κ3) is 3.76. The summed E-state index contributed by atoms with van der Waals surface area (Å²) < 4.78 is 11.4. The van der Waals surface area contributed by atoms with E-state index in [0.717, 1.165) is 54.3 Å². The van der Waals surface area contributed by atoms with Gasteiger partial charge in [-0.1, -0.05) is 12.1 Å². The SMILES string of the molecule is COCc1cccc(OC2CCN(c3nc4c(cc3C)C(=O)NC4)CC2)c1. The molecule has 2 aromatic rings. The number of ether oxygens (including phenoxy) is 2. The van der Waals surface area contributed by atoms with Crippen molar-refractivity contribution in [1.82, 2.24) is 10.3 Å². The van der Waals surface area contributed by atoms with E-state index in [1.165, 1.54) is 0 Å². The second kappa shape index (κ2) is 7.56. The molecular formula is C21H25N3O3. The molecule has 0 radical (unpaired) electrons. The number of nitrogens with one attached hydrogen (secondary N) is 1. The normalized spacial score (nSPS) is 17.0. The standard InChI is InChI=1S/C21H25N3O3/c1-14-10-18-19(12-22-21(18)25)23-20(14)24-8-6-16(7-9-24)27-17-5-3-4-15(11-17)13-26-2/h3-5,10-11,16H,6-9,12-13H2,1-2H3,(H,22,25). The van der Waals surface area contributed by atoms with Gasteiger partial charge in [0.05, 0.1) is 24.4 Å². The predicted molar refractivity (Wildman–Crippen MR) is 103 cm³/mol. The van der Waals surface area contributed by atoms with Crippen LogP contribution >= 0.6 is 0 Å². The highest BCUT2D eigenvalue weighted by atomic mass is 16.5. The van der Waals surface area contributed by atoms with Crippen LogP contribution in [0.3, 0.4) is 0 Å². The number of carbonyl (C=O) groups is 1. The van der Waals surface area contributed by atoms with Crippen LogP contribution in [0.15, 0.2) is 30.3 Å². The first-order valence-electron chi connectivity index (χ1n) is 9.42. The maximum Gasteiger partial charge on any atom is 0.253 e. The number of hydrogen-bond donors (Lipinski definition) is 1. The number of fused-ring (bicyclic) bond motifs is 1. The number of benzene rings is 1. The average Bonchev–Trinajstić information content (AvgIpc) is 3.02. The number of carbonyl (C=O) groups excluding carboxylic acids is 1. The number of amides is 1. The van der Waals surface area contributed by atoms with Crippen molar-refractivity contribution in [3.8, 4) is 5.75 Å². The number of rotatable bonds is 5. The molecule has 0 bridgehead atoms. The van der Waals surface area contributed by atoms with Crippen molar-refractivity contribution in [2.45, 2.75) is 39.0 Å². The van der Waals surface area contributed by atoms with Gasteiger partial charge in [-0.3, -0.25) is 4.79 Å². The van der Waals surface area contributed by atoms with Gasteiger partial charge in [-0.2, -0.15) is 0 Å². The number of pyridine rings is 1. The van der Waals surface area contributed by atoms with Gasteiger partial charge < -0.3 is 19.7 Å². The van der Waals surface area contributed by atoms with Crippen LogP contribution in [0.5, 0.6) is 5.75 Å². The minimum Gasteiger partial charge on any atom is -0.490 e. The molecule has 0 atom stereocenters. The molecule has 3 heterocycles. The van der Waals surface area contributed by atoms with E-state index in [1.807, 2.05) is 37.3 Å². The molecule has 0 spiro atoms. The van der Waals surface area contributed by atoms with Crippen LogP contribution in [-0.4, -0.2) is 37.2 Å². The Morgan fingerprint density at radius 1 is 1.26 bits per heavy atom. The molecule has 0 saturated carbocycles. The fourth-order valence-corrected chi connectivity index (χ4v) is 3.80. The van der Waals surface area contributed by atoms with E-state index >= 15 is 0 Å². The van der Waals surface area contributed by atoms with E-state index in [-0.39, 0.29) is 12.0 Å². The van der Waals surface area contributed by atoms with Gasteiger partial charge in [0, 0.05) is 33.0 Å². The smallest absolute Gasteiger partial charge is 0.253 e. The molecule has 27 heavy (non-hydrogen) atoms. The van der Waals surface area contributed by atoms with E-state index in [0.29, 0.717) is 18.7 Å². The highest BCUT2D eigenvalue weighted by molar-refractivity contribution is 5.98. The molecule has 1 amide bonds. The zero-order valence-electron chi connectivity index (χ0n) is 15.8. The van der Waals surface area contributed by atoms with Gasteiger partial charge in [0.2, 0.25) is 0 Å². The summed E-state index contributed by atoms with van der Waals surface area (Å²) in [5.74, 6) is 1.88. The van der Waals surface area contributed by atoms with Crippen LogP contribution < -0.4 is 15.0 Å². The van der Waals surface area contributed by atoms with Gasteiger partial charge in [-0.05, 0) is 36.2 Å². The number of aryl methyl sites for hydroxylation is 1. The van der Waals surface area contributed by atoms with E-state index in [1.54, 1.807) is 7.11 Å². The predicted octanol–water partition coefficient (Wildman–Crippen LogP) is 2.83. The van der Waals surface area contributed by atoms with Crippen LogP contribution in [0.2, 0.25) is 0 Å². The number of aromatic nitrogens is 1. The number of methoxy groups -OCH3 is 1.